The summed E-state index contributed by atoms with van der Waals surface area (Å²) in [5.74, 6) is -2.33. The van der Waals surface area contributed by atoms with Gasteiger partial charge in [0.15, 0.2) is 11.6 Å². The highest BCUT2D eigenvalue weighted by atomic mass is 16.5. The molecule has 4 atom stereocenters. The largest absolute Gasteiger partial charge is 0.508 e. The van der Waals surface area contributed by atoms with Gasteiger partial charge >= 0.3 is 0 Å². The van der Waals surface area contributed by atoms with Gasteiger partial charge in [-0.05, 0) is 44.6 Å². The van der Waals surface area contributed by atoms with Crippen LogP contribution in [0.3, 0.4) is 0 Å². The molecule has 1 aromatic carbocycles. The maximum absolute atomic E-state index is 14.0. The molecule has 1 aromatic rings. The number of hydrogen-bond acceptors (Lipinski definition) is 7. The fourth-order valence-electron chi connectivity index (χ4n) is 7.63. The van der Waals surface area contributed by atoms with Crippen molar-refractivity contribution in [2.75, 3.05) is 14.2 Å². The number of nitrogens with zero attached hydrogens (tertiary/aromatic N) is 1. The number of carbonyl (C=O) groups is 4. The van der Waals surface area contributed by atoms with Crippen LogP contribution in [0, 0.1) is 17.8 Å². The van der Waals surface area contributed by atoms with Gasteiger partial charge < -0.3 is 14.6 Å². The molecule has 1 saturated heterocycles. The number of carbonyl (C=O) groups excluding carboxylic acids is 4. The number of Topliss-reactive ketones (excluding diaryl/α,β-unsaturated/α-hetero) is 1. The summed E-state index contributed by atoms with van der Waals surface area (Å²) in [5, 5.41) is 10.3. The Morgan fingerprint density at radius 3 is 2.23 bits per heavy atom. The number of imide groups is 1. The number of hydrogen-bond donors (Lipinski definition) is 1. The van der Waals surface area contributed by atoms with Gasteiger partial charge in [-0.15, -0.1) is 0 Å². The molecular formula is C31H33NO7. The molecule has 8 heteroatoms. The minimum Gasteiger partial charge on any atom is -0.508 e. The first kappa shape index (κ1) is 25.6. The van der Waals surface area contributed by atoms with E-state index in [1.807, 2.05) is 6.08 Å². The molecule has 2 amide bonds. The van der Waals surface area contributed by atoms with Gasteiger partial charge in [-0.1, -0.05) is 30.9 Å². The van der Waals surface area contributed by atoms with E-state index in [1.165, 1.54) is 37.3 Å². The zero-order chi connectivity index (χ0) is 27.6. The first-order chi connectivity index (χ1) is 18.8. The molecule has 1 aliphatic heterocycles. The van der Waals surface area contributed by atoms with Crippen molar-refractivity contribution in [2.24, 2.45) is 17.8 Å². The Morgan fingerprint density at radius 2 is 1.59 bits per heavy atom. The number of allylic oxidation sites excluding steroid dienone is 6. The fourth-order valence-corrected chi connectivity index (χ4v) is 7.63. The number of phenolic OH excluding ortho intramolecular Hbond substituents is 1. The van der Waals surface area contributed by atoms with Crippen molar-refractivity contribution >= 4 is 23.4 Å². The lowest BCUT2D eigenvalue weighted by Crippen LogP contribution is -2.43. The van der Waals surface area contributed by atoms with Crippen LogP contribution in [-0.4, -0.2) is 53.6 Å². The lowest BCUT2D eigenvalue weighted by molar-refractivity contribution is -0.143. The van der Waals surface area contributed by atoms with Crippen molar-refractivity contribution in [2.45, 2.75) is 63.8 Å². The third-order valence-corrected chi connectivity index (χ3v) is 9.36. The Balaban J connectivity index is 1.52. The molecule has 6 rings (SSSR count). The zero-order valence-corrected chi connectivity index (χ0v) is 22.5. The molecule has 0 spiro atoms. The maximum atomic E-state index is 14.0. The third kappa shape index (κ3) is 3.79. The van der Waals surface area contributed by atoms with Crippen molar-refractivity contribution in [3.63, 3.8) is 0 Å². The Morgan fingerprint density at radius 1 is 0.923 bits per heavy atom. The number of rotatable bonds is 4. The molecule has 0 radical (unpaired) electrons. The highest BCUT2D eigenvalue weighted by Crippen LogP contribution is 2.58. The van der Waals surface area contributed by atoms with E-state index >= 15 is 0 Å². The maximum Gasteiger partial charge on any atom is 0.233 e. The molecule has 8 nitrogen and oxygen atoms in total. The number of likely N-dealkylation sites (tertiary alicyclic amines) is 1. The smallest absolute Gasteiger partial charge is 0.233 e. The predicted molar refractivity (Wildman–Crippen MR) is 141 cm³/mol. The van der Waals surface area contributed by atoms with Gasteiger partial charge in [0.25, 0.3) is 0 Å². The van der Waals surface area contributed by atoms with Gasteiger partial charge in [0.2, 0.25) is 11.8 Å². The second kappa shape index (κ2) is 9.50. The van der Waals surface area contributed by atoms with Crippen molar-refractivity contribution in [1.82, 2.24) is 4.90 Å². The van der Waals surface area contributed by atoms with Crippen LogP contribution in [0.15, 0.2) is 46.6 Å². The number of aromatic hydroxyl groups is 1. The summed E-state index contributed by atoms with van der Waals surface area (Å²) in [7, 11) is 2.94. The van der Waals surface area contributed by atoms with E-state index in [1.54, 1.807) is 6.92 Å². The number of benzene rings is 1. The first-order valence-corrected chi connectivity index (χ1v) is 13.8. The molecule has 39 heavy (non-hydrogen) atoms. The monoisotopic (exact) mass is 531 g/mol. The van der Waals surface area contributed by atoms with Crippen molar-refractivity contribution in [1.29, 1.82) is 0 Å². The molecule has 1 heterocycles. The average molecular weight is 532 g/mol. The van der Waals surface area contributed by atoms with Crippen molar-refractivity contribution < 1.29 is 33.8 Å². The fraction of sp³-hybridized carbons (Fsp3) is 0.484. The van der Waals surface area contributed by atoms with E-state index in [0.717, 1.165) is 37.7 Å². The lowest BCUT2D eigenvalue weighted by Gasteiger charge is -2.42. The van der Waals surface area contributed by atoms with Crippen LogP contribution in [0.4, 0.5) is 0 Å². The average Bonchev–Trinajstić information content (AvgIpc) is 3.20. The van der Waals surface area contributed by atoms with Crippen LogP contribution < -0.4 is 9.47 Å². The lowest BCUT2D eigenvalue weighted by atomic mass is 9.59. The molecule has 0 unspecified atom stereocenters. The van der Waals surface area contributed by atoms with E-state index < -0.39 is 23.7 Å². The van der Waals surface area contributed by atoms with E-state index in [0.29, 0.717) is 40.2 Å². The summed E-state index contributed by atoms with van der Waals surface area (Å²) < 4.78 is 11.3. The molecule has 1 N–H and O–H groups in total. The summed E-state index contributed by atoms with van der Waals surface area (Å²) in [5.41, 5.74) is 2.45. The normalized spacial score (nSPS) is 29.1. The molecule has 0 bridgehead atoms. The van der Waals surface area contributed by atoms with E-state index in [4.69, 9.17) is 9.47 Å². The Bertz CT molecular complexity index is 1370. The molecule has 5 aliphatic rings. The van der Waals surface area contributed by atoms with Crippen LogP contribution in [0.1, 0.15) is 63.4 Å². The quantitative estimate of drug-likeness (QED) is 0.353. The third-order valence-electron chi connectivity index (χ3n) is 9.36. The highest BCUT2D eigenvalue weighted by Gasteiger charge is 2.57. The van der Waals surface area contributed by atoms with Gasteiger partial charge in [-0.2, -0.15) is 0 Å². The van der Waals surface area contributed by atoms with Crippen LogP contribution in [0.2, 0.25) is 0 Å². The van der Waals surface area contributed by atoms with Crippen molar-refractivity contribution in [3.8, 4) is 17.2 Å². The topological polar surface area (TPSA) is 110 Å². The number of phenols is 1. The molecule has 4 aliphatic carbocycles. The summed E-state index contributed by atoms with van der Waals surface area (Å²) in [4.78, 5) is 56.2. The standard InChI is InChI=1S/C31H33NO7/c1-15-11-22(34)21-14-20-18(9-10-19-25(20)31(37)32(30(19)36)16-7-5-4-6-8-16)26(27(21)29(15)35)28-23(38-2)12-17(33)13-24(28)39-3/h9,11-13,16,19-20,25-26,33H,4-8,10,14H2,1-3H3/t19-,20+,25-,26-/m0/s1. The Labute approximate surface area is 227 Å². The second-order valence-corrected chi connectivity index (χ2v) is 11.3. The number of ketones is 2. The zero-order valence-electron chi connectivity index (χ0n) is 22.5. The summed E-state index contributed by atoms with van der Waals surface area (Å²) in [6.45, 7) is 1.63. The van der Waals surface area contributed by atoms with Gasteiger partial charge in [0, 0.05) is 46.4 Å². The van der Waals surface area contributed by atoms with Crippen LogP contribution in [-0.2, 0) is 19.2 Å². The van der Waals surface area contributed by atoms with Gasteiger partial charge in [0.1, 0.15) is 17.2 Å². The molecular weight excluding hydrogens is 498 g/mol. The van der Waals surface area contributed by atoms with E-state index in [2.05, 4.69) is 0 Å². The van der Waals surface area contributed by atoms with E-state index in [9.17, 15) is 24.3 Å². The van der Waals surface area contributed by atoms with Crippen LogP contribution in [0.5, 0.6) is 17.2 Å². The minimum atomic E-state index is -0.711. The number of ether oxygens (including phenoxy) is 2. The highest BCUT2D eigenvalue weighted by molar-refractivity contribution is 6.24. The van der Waals surface area contributed by atoms with Gasteiger partial charge in [-0.3, -0.25) is 24.1 Å². The molecule has 2 fully saturated rings. The SMILES string of the molecule is COc1cc(O)cc(OC)c1[C@H]1C2=CC[C@@H]3C(=O)N(C4CCCCC4)C(=O)[C@@H]3[C@@H]2CC2=C1C(=O)C(C)=CC2=O. The van der Waals surface area contributed by atoms with E-state index in [-0.39, 0.29) is 41.6 Å². The second-order valence-electron chi connectivity index (χ2n) is 11.3. The van der Waals surface area contributed by atoms with Gasteiger partial charge in [-0.25, -0.2) is 0 Å². The predicted octanol–water partition coefficient (Wildman–Crippen LogP) is 4.17. The summed E-state index contributed by atoms with van der Waals surface area (Å²) in [6, 6.07) is 2.85. The number of fused-ring (bicyclic) bond motifs is 3. The Kier molecular flexibility index (Phi) is 6.24. The minimum absolute atomic E-state index is 0.0616. The van der Waals surface area contributed by atoms with Gasteiger partial charge in [0.05, 0.1) is 26.1 Å². The summed E-state index contributed by atoms with van der Waals surface area (Å²) in [6.07, 6.45) is 8.78. The number of methoxy groups -OCH3 is 2. The Hall–Kier alpha value is -3.68. The van der Waals surface area contributed by atoms with Crippen LogP contribution in [0.25, 0.3) is 0 Å². The molecule has 0 aromatic heterocycles. The van der Waals surface area contributed by atoms with Crippen molar-refractivity contribution in [3.05, 3.63) is 52.1 Å². The summed E-state index contributed by atoms with van der Waals surface area (Å²) >= 11 is 0. The molecule has 1 saturated carbocycles. The van der Waals surface area contributed by atoms with Crippen LogP contribution >= 0.6 is 0 Å². The first-order valence-electron chi connectivity index (χ1n) is 13.8. The number of amides is 2. The molecule has 204 valence electrons.